The molecule has 1 aromatic rings. The third kappa shape index (κ3) is 12.3. The maximum Gasteiger partial charge on any atom is 0.160 e. The van der Waals surface area contributed by atoms with Crippen LogP contribution in [0.4, 0.5) is 0 Å². The third-order valence-corrected chi connectivity index (χ3v) is 3.53. The Kier molecular flexibility index (Phi) is 16.0. The minimum Gasteiger partial charge on any atom is -0.504 e. The van der Waals surface area contributed by atoms with Crippen molar-refractivity contribution in [2.45, 2.75) is 73.6 Å². The highest BCUT2D eigenvalue weighted by Crippen LogP contribution is 2.26. The van der Waals surface area contributed by atoms with Crippen LogP contribution in [0.2, 0.25) is 0 Å². The van der Waals surface area contributed by atoms with E-state index in [1.807, 2.05) is 19.9 Å². The van der Waals surface area contributed by atoms with E-state index in [2.05, 4.69) is 26.0 Å². The minimum absolute atomic E-state index is 0. The van der Waals surface area contributed by atoms with Gasteiger partial charge in [0.1, 0.15) is 5.78 Å². The first-order valence-corrected chi connectivity index (χ1v) is 9.07. The number of aryl methyl sites for hydroxylation is 1. The quantitative estimate of drug-likeness (QED) is 0.396. The van der Waals surface area contributed by atoms with E-state index in [1.54, 1.807) is 12.1 Å². The number of hydrogen-bond acceptors (Lipinski definition) is 3. The number of phenolic OH excluding ortho intramolecular Hbond substituents is 1. The molecule has 0 aliphatic heterocycles. The Morgan fingerprint density at radius 1 is 1.20 bits per heavy atom. The average Bonchev–Trinajstić information content (AvgIpc) is 2.58. The van der Waals surface area contributed by atoms with Crippen molar-refractivity contribution in [3.8, 4) is 11.5 Å². The highest BCUT2D eigenvalue weighted by atomic mass is 16.5. The number of ether oxygens (including phenoxy) is 1. The van der Waals surface area contributed by atoms with E-state index in [0.29, 0.717) is 36.7 Å². The number of benzene rings is 1. The zero-order chi connectivity index (χ0) is 18.4. The number of allylic oxidation sites excluding steroid dienone is 2. The van der Waals surface area contributed by atoms with Crippen molar-refractivity contribution in [1.82, 2.24) is 0 Å². The van der Waals surface area contributed by atoms with Crippen molar-refractivity contribution >= 4 is 5.78 Å². The predicted molar refractivity (Wildman–Crippen MR) is 109 cm³/mol. The predicted octanol–water partition coefficient (Wildman–Crippen LogP) is 6.34. The molecule has 0 saturated heterocycles. The van der Waals surface area contributed by atoms with Crippen LogP contribution in [0.1, 0.15) is 72.8 Å². The van der Waals surface area contributed by atoms with Crippen molar-refractivity contribution in [3.05, 3.63) is 35.9 Å². The molecule has 0 aliphatic rings. The molecule has 0 atom stereocenters. The second-order valence-electron chi connectivity index (χ2n) is 5.96. The summed E-state index contributed by atoms with van der Waals surface area (Å²) in [4.78, 5) is 11.9. The SMILES string of the molecule is C.CC.COc1cc(CCC(=O)CCCC/C=C/C(C)C)ccc1O. The van der Waals surface area contributed by atoms with Crippen LogP contribution >= 0.6 is 0 Å². The van der Waals surface area contributed by atoms with Gasteiger partial charge in [0, 0.05) is 12.8 Å². The van der Waals surface area contributed by atoms with Gasteiger partial charge in [0.25, 0.3) is 0 Å². The number of aromatic hydroxyl groups is 1. The molecule has 144 valence electrons. The molecule has 0 heterocycles. The van der Waals surface area contributed by atoms with Gasteiger partial charge in [-0.2, -0.15) is 0 Å². The zero-order valence-electron chi connectivity index (χ0n) is 16.0. The molecule has 0 spiro atoms. The van der Waals surface area contributed by atoms with Crippen molar-refractivity contribution in [1.29, 1.82) is 0 Å². The van der Waals surface area contributed by atoms with E-state index in [4.69, 9.17) is 4.74 Å². The summed E-state index contributed by atoms with van der Waals surface area (Å²) in [6, 6.07) is 5.24. The summed E-state index contributed by atoms with van der Waals surface area (Å²) in [6.07, 6.45) is 9.41. The Labute approximate surface area is 155 Å². The van der Waals surface area contributed by atoms with Gasteiger partial charge >= 0.3 is 0 Å². The number of Topliss-reactive ketones (excluding diaryl/α,β-unsaturated/α-hetero) is 1. The van der Waals surface area contributed by atoms with Gasteiger partial charge in [0.15, 0.2) is 11.5 Å². The van der Waals surface area contributed by atoms with Gasteiger partial charge in [0.05, 0.1) is 7.11 Å². The number of methoxy groups -OCH3 is 1. The van der Waals surface area contributed by atoms with Gasteiger partial charge in [-0.3, -0.25) is 4.79 Å². The van der Waals surface area contributed by atoms with Crippen LogP contribution in [0.25, 0.3) is 0 Å². The van der Waals surface area contributed by atoms with Crippen molar-refractivity contribution < 1.29 is 14.6 Å². The molecule has 1 rings (SSSR count). The van der Waals surface area contributed by atoms with Crippen LogP contribution < -0.4 is 4.74 Å². The smallest absolute Gasteiger partial charge is 0.160 e. The van der Waals surface area contributed by atoms with Crippen LogP contribution in [-0.4, -0.2) is 18.0 Å². The lowest BCUT2D eigenvalue weighted by molar-refractivity contribution is -0.119. The topological polar surface area (TPSA) is 46.5 Å². The van der Waals surface area contributed by atoms with E-state index in [-0.39, 0.29) is 13.2 Å². The van der Waals surface area contributed by atoms with E-state index < -0.39 is 0 Å². The second kappa shape index (κ2) is 15.7. The van der Waals surface area contributed by atoms with Gasteiger partial charge in [-0.1, -0.05) is 53.3 Å². The molecule has 3 heteroatoms. The monoisotopic (exact) mass is 350 g/mol. The van der Waals surface area contributed by atoms with E-state index >= 15 is 0 Å². The molecule has 25 heavy (non-hydrogen) atoms. The summed E-state index contributed by atoms with van der Waals surface area (Å²) in [5, 5.41) is 9.54. The molecular formula is C22H38O3. The number of unbranched alkanes of at least 4 members (excludes halogenated alkanes) is 2. The standard InChI is InChI=1S/C19H28O3.C2H6.CH4/c1-15(2)8-6-4-5-7-9-17(20)12-10-16-11-13-18(21)19(14-16)22-3;1-2;/h6,8,11,13-15,21H,4-5,7,9-10,12H2,1-3H3;1-2H3;1H4/b8-6+;;. The molecule has 0 radical (unpaired) electrons. The molecule has 3 nitrogen and oxygen atoms in total. The summed E-state index contributed by atoms with van der Waals surface area (Å²) in [5.74, 6) is 1.50. The van der Waals surface area contributed by atoms with Crippen LogP contribution in [0.5, 0.6) is 11.5 Å². The highest BCUT2D eigenvalue weighted by molar-refractivity contribution is 5.78. The Morgan fingerprint density at radius 3 is 2.48 bits per heavy atom. The van der Waals surface area contributed by atoms with E-state index in [1.165, 1.54) is 7.11 Å². The molecule has 0 amide bonds. The molecule has 1 aromatic carbocycles. The normalized spacial score (nSPS) is 10.2. The average molecular weight is 351 g/mol. The molecular weight excluding hydrogens is 312 g/mol. The maximum atomic E-state index is 11.9. The van der Waals surface area contributed by atoms with Crippen molar-refractivity contribution in [2.75, 3.05) is 7.11 Å². The lowest BCUT2D eigenvalue weighted by Crippen LogP contribution is -2.00. The first-order chi connectivity index (χ1) is 11.5. The van der Waals surface area contributed by atoms with Crippen LogP contribution in [0.15, 0.2) is 30.4 Å². The maximum absolute atomic E-state index is 11.9. The largest absolute Gasteiger partial charge is 0.504 e. The van der Waals surface area contributed by atoms with Gasteiger partial charge in [-0.15, -0.1) is 0 Å². The first-order valence-electron chi connectivity index (χ1n) is 9.07. The third-order valence-electron chi connectivity index (χ3n) is 3.53. The number of ketones is 1. The van der Waals surface area contributed by atoms with Gasteiger partial charge in [0.2, 0.25) is 0 Å². The molecule has 0 unspecified atom stereocenters. The lowest BCUT2D eigenvalue weighted by atomic mass is 10.0. The highest BCUT2D eigenvalue weighted by Gasteiger charge is 2.06. The second-order valence-corrected chi connectivity index (χ2v) is 5.96. The van der Waals surface area contributed by atoms with E-state index in [0.717, 1.165) is 24.8 Å². The summed E-state index contributed by atoms with van der Waals surface area (Å²) in [7, 11) is 1.53. The molecule has 0 aromatic heterocycles. The first kappa shape index (κ1) is 25.5. The van der Waals surface area contributed by atoms with Crippen molar-refractivity contribution in [2.24, 2.45) is 5.92 Å². The minimum atomic E-state index is 0. The Hall–Kier alpha value is -1.77. The number of hydrogen-bond donors (Lipinski definition) is 1. The zero-order valence-corrected chi connectivity index (χ0v) is 16.0. The lowest BCUT2D eigenvalue weighted by Gasteiger charge is -2.06. The Balaban J connectivity index is 0. The molecule has 0 aliphatic carbocycles. The van der Waals surface area contributed by atoms with Gasteiger partial charge < -0.3 is 9.84 Å². The van der Waals surface area contributed by atoms with Gasteiger partial charge in [-0.25, -0.2) is 0 Å². The summed E-state index contributed by atoms with van der Waals surface area (Å²) in [5.41, 5.74) is 1.02. The summed E-state index contributed by atoms with van der Waals surface area (Å²) in [6.45, 7) is 8.33. The fourth-order valence-corrected chi connectivity index (χ4v) is 2.24. The van der Waals surface area contributed by atoms with Crippen LogP contribution in [0, 0.1) is 5.92 Å². The number of rotatable bonds is 10. The summed E-state index contributed by atoms with van der Waals surface area (Å²) < 4.78 is 5.07. The Bertz CT molecular complexity index is 490. The number of carbonyl (C=O) groups excluding carboxylic acids is 1. The van der Waals surface area contributed by atoms with Crippen LogP contribution in [0.3, 0.4) is 0 Å². The molecule has 0 saturated carbocycles. The fourth-order valence-electron chi connectivity index (χ4n) is 2.24. The van der Waals surface area contributed by atoms with Crippen molar-refractivity contribution in [3.63, 3.8) is 0 Å². The molecule has 0 fully saturated rings. The van der Waals surface area contributed by atoms with Crippen LogP contribution in [-0.2, 0) is 11.2 Å². The summed E-state index contributed by atoms with van der Waals surface area (Å²) >= 11 is 0. The number of phenols is 1. The molecule has 1 N–H and O–H groups in total. The number of carbonyl (C=O) groups is 1. The fraction of sp³-hybridized carbons (Fsp3) is 0.591. The Morgan fingerprint density at radius 2 is 1.88 bits per heavy atom. The van der Waals surface area contributed by atoms with Gasteiger partial charge in [-0.05, 0) is 49.3 Å². The molecule has 0 bridgehead atoms. The van der Waals surface area contributed by atoms with E-state index in [9.17, 15) is 9.90 Å².